The van der Waals surface area contributed by atoms with Crippen LogP contribution in [0.1, 0.15) is 53.0 Å². The number of amides is 1. The van der Waals surface area contributed by atoms with E-state index in [-0.39, 0.29) is 12.1 Å². The topological polar surface area (TPSA) is 36.0 Å². The number of halogens is 1. The van der Waals surface area contributed by atoms with Crippen LogP contribution < -0.4 is 4.90 Å². The Kier molecular flexibility index (Phi) is 7.15. The fourth-order valence-corrected chi connectivity index (χ4v) is 4.63. The number of hydrogen-bond acceptors (Lipinski definition) is 4. The van der Waals surface area contributed by atoms with Gasteiger partial charge in [0, 0.05) is 42.4 Å². The largest absolute Gasteiger partial charge is 0.444 e. The molecule has 6 heteroatoms. The summed E-state index contributed by atoms with van der Waals surface area (Å²) in [5, 5.41) is 0. The highest BCUT2D eigenvalue weighted by atomic mass is 79.9. The van der Waals surface area contributed by atoms with Crippen molar-refractivity contribution < 1.29 is 9.53 Å². The van der Waals surface area contributed by atoms with Crippen molar-refractivity contribution in [3.8, 4) is 0 Å². The first-order valence-electron chi connectivity index (χ1n) is 10.9. The number of benzene rings is 1. The quantitative estimate of drug-likeness (QED) is 0.619. The highest BCUT2D eigenvalue weighted by Crippen LogP contribution is 2.29. The zero-order chi connectivity index (χ0) is 21.2. The van der Waals surface area contributed by atoms with Crippen LogP contribution in [-0.4, -0.2) is 60.3 Å². The summed E-state index contributed by atoms with van der Waals surface area (Å²) in [6.07, 6.45) is 2.37. The summed E-state index contributed by atoms with van der Waals surface area (Å²) in [5.74, 6) is 0.843. The van der Waals surface area contributed by atoms with Crippen LogP contribution in [-0.2, 0) is 11.3 Å². The molecule has 0 saturated carbocycles. The number of anilines is 1. The monoisotopic (exact) mass is 465 g/mol. The summed E-state index contributed by atoms with van der Waals surface area (Å²) in [6, 6.07) is 6.73. The fourth-order valence-electron chi connectivity index (χ4n) is 4.22. The van der Waals surface area contributed by atoms with E-state index in [0.29, 0.717) is 6.54 Å². The minimum absolute atomic E-state index is 0.117. The number of carbonyl (C=O) groups excluding carboxylic acids is 1. The first-order valence-corrected chi connectivity index (χ1v) is 11.7. The first kappa shape index (κ1) is 22.4. The van der Waals surface area contributed by atoms with E-state index < -0.39 is 5.60 Å². The molecule has 2 aliphatic heterocycles. The Hall–Kier alpha value is -1.27. The lowest BCUT2D eigenvalue weighted by Gasteiger charge is -2.42. The molecular formula is C23H36BrN3O2. The number of carbonyl (C=O) groups is 1. The molecule has 1 amide bonds. The number of hydrogen-bond donors (Lipinski definition) is 0. The smallest absolute Gasteiger partial charge is 0.410 e. The van der Waals surface area contributed by atoms with Crippen LogP contribution in [0.25, 0.3) is 0 Å². The van der Waals surface area contributed by atoms with Gasteiger partial charge in [0.25, 0.3) is 0 Å². The Labute approximate surface area is 184 Å². The summed E-state index contributed by atoms with van der Waals surface area (Å²) in [6.45, 7) is 15.9. The number of ether oxygens (including phenoxy) is 1. The standard InChI is InChI=1S/C23H36BrN3O2/c1-17-8-10-25(11-9-17)16-19-14-20(24)6-7-21(19)26-12-13-27(18(2)15-26)22(28)29-23(3,4)5/h6-7,14,17-18H,8-13,15-16H2,1-5H3. The zero-order valence-electron chi connectivity index (χ0n) is 18.6. The van der Waals surface area contributed by atoms with Gasteiger partial charge < -0.3 is 14.5 Å². The molecule has 0 N–H and O–H groups in total. The lowest BCUT2D eigenvalue weighted by molar-refractivity contribution is 0.0159. The lowest BCUT2D eigenvalue weighted by atomic mass is 9.98. The summed E-state index contributed by atoms with van der Waals surface area (Å²) in [5.41, 5.74) is 2.20. The number of piperazine rings is 1. The molecule has 0 bridgehead atoms. The summed E-state index contributed by atoms with van der Waals surface area (Å²) in [4.78, 5) is 19.4. The van der Waals surface area contributed by atoms with Crippen molar-refractivity contribution in [3.05, 3.63) is 28.2 Å². The van der Waals surface area contributed by atoms with Gasteiger partial charge in [0.05, 0.1) is 0 Å². The fraction of sp³-hybridized carbons (Fsp3) is 0.696. The molecule has 1 unspecified atom stereocenters. The minimum Gasteiger partial charge on any atom is -0.444 e. The van der Waals surface area contributed by atoms with Gasteiger partial charge in [-0.2, -0.15) is 0 Å². The SMILES string of the molecule is CC1CCN(Cc2cc(Br)ccc2N2CCN(C(=O)OC(C)(C)C)C(C)C2)CC1. The van der Waals surface area contributed by atoms with Gasteiger partial charge in [0.15, 0.2) is 0 Å². The summed E-state index contributed by atoms with van der Waals surface area (Å²) >= 11 is 3.66. The molecule has 0 aromatic heterocycles. The van der Waals surface area contributed by atoms with Crippen LogP contribution in [0.3, 0.4) is 0 Å². The first-order chi connectivity index (χ1) is 13.6. The second kappa shape index (κ2) is 9.25. The number of nitrogens with zero attached hydrogens (tertiary/aromatic N) is 3. The van der Waals surface area contributed by atoms with Gasteiger partial charge in [-0.15, -0.1) is 0 Å². The van der Waals surface area contributed by atoms with Crippen molar-refractivity contribution >= 4 is 27.7 Å². The van der Waals surface area contributed by atoms with Crippen molar-refractivity contribution in [2.75, 3.05) is 37.6 Å². The average Bonchev–Trinajstić information content (AvgIpc) is 2.62. The molecule has 2 heterocycles. The molecule has 2 aliphatic rings. The minimum atomic E-state index is -0.460. The van der Waals surface area contributed by atoms with Crippen LogP contribution >= 0.6 is 15.9 Å². The van der Waals surface area contributed by atoms with Gasteiger partial charge in [0.2, 0.25) is 0 Å². The van der Waals surface area contributed by atoms with Gasteiger partial charge in [-0.1, -0.05) is 22.9 Å². The van der Waals surface area contributed by atoms with E-state index in [1.165, 1.54) is 37.2 Å². The third-order valence-electron chi connectivity index (χ3n) is 5.91. The Morgan fingerprint density at radius 1 is 1.14 bits per heavy atom. The van der Waals surface area contributed by atoms with Crippen molar-refractivity contribution in [3.63, 3.8) is 0 Å². The van der Waals surface area contributed by atoms with Crippen LogP contribution in [0.2, 0.25) is 0 Å². The maximum Gasteiger partial charge on any atom is 0.410 e. The molecule has 0 radical (unpaired) electrons. The Morgan fingerprint density at radius 3 is 2.45 bits per heavy atom. The number of likely N-dealkylation sites (tertiary alicyclic amines) is 1. The highest BCUT2D eigenvalue weighted by molar-refractivity contribution is 9.10. The molecule has 29 heavy (non-hydrogen) atoms. The molecular weight excluding hydrogens is 430 g/mol. The van der Waals surface area contributed by atoms with Crippen LogP contribution in [0, 0.1) is 5.92 Å². The Morgan fingerprint density at radius 2 is 1.83 bits per heavy atom. The molecule has 5 nitrogen and oxygen atoms in total. The molecule has 162 valence electrons. The van der Waals surface area contributed by atoms with E-state index in [9.17, 15) is 4.79 Å². The predicted molar refractivity (Wildman–Crippen MR) is 122 cm³/mol. The summed E-state index contributed by atoms with van der Waals surface area (Å²) < 4.78 is 6.72. The van der Waals surface area contributed by atoms with Gasteiger partial charge >= 0.3 is 6.09 Å². The normalized spacial score (nSPS) is 22.1. The molecule has 2 saturated heterocycles. The van der Waals surface area contributed by atoms with E-state index in [1.807, 2.05) is 25.7 Å². The van der Waals surface area contributed by atoms with E-state index in [4.69, 9.17) is 4.74 Å². The molecule has 1 atom stereocenters. The third-order valence-corrected chi connectivity index (χ3v) is 6.40. The molecule has 0 spiro atoms. The van der Waals surface area contributed by atoms with Gasteiger partial charge in [0.1, 0.15) is 5.60 Å². The molecule has 1 aromatic rings. The van der Waals surface area contributed by atoms with E-state index in [0.717, 1.165) is 30.0 Å². The summed E-state index contributed by atoms with van der Waals surface area (Å²) in [7, 11) is 0. The van der Waals surface area contributed by atoms with Crippen molar-refractivity contribution in [2.45, 2.75) is 65.6 Å². The Balaban J connectivity index is 1.69. The zero-order valence-corrected chi connectivity index (χ0v) is 20.2. The van der Waals surface area contributed by atoms with Gasteiger partial charge in [-0.05, 0) is 83.3 Å². The maximum absolute atomic E-state index is 12.5. The highest BCUT2D eigenvalue weighted by Gasteiger charge is 2.31. The van der Waals surface area contributed by atoms with Crippen LogP contribution in [0.4, 0.5) is 10.5 Å². The van der Waals surface area contributed by atoms with E-state index in [2.05, 4.69) is 57.8 Å². The lowest BCUT2D eigenvalue weighted by Crippen LogP contribution is -2.55. The number of piperidine rings is 1. The number of rotatable bonds is 3. The third kappa shape index (κ3) is 6.11. The van der Waals surface area contributed by atoms with E-state index >= 15 is 0 Å². The molecule has 0 aliphatic carbocycles. The van der Waals surface area contributed by atoms with Crippen LogP contribution in [0.15, 0.2) is 22.7 Å². The Bertz CT molecular complexity index is 711. The van der Waals surface area contributed by atoms with Crippen molar-refractivity contribution in [1.29, 1.82) is 0 Å². The van der Waals surface area contributed by atoms with Gasteiger partial charge in [-0.25, -0.2) is 4.79 Å². The second-order valence-electron chi connectivity index (χ2n) is 9.70. The molecule has 3 rings (SSSR count). The van der Waals surface area contributed by atoms with Crippen molar-refractivity contribution in [2.24, 2.45) is 5.92 Å². The molecule has 2 fully saturated rings. The second-order valence-corrected chi connectivity index (χ2v) is 10.6. The average molecular weight is 466 g/mol. The molecule has 1 aromatic carbocycles. The van der Waals surface area contributed by atoms with Crippen molar-refractivity contribution in [1.82, 2.24) is 9.80 Å². The van der Waals surface area contributed by atoms with Gasteiger partial charge in [-0.3, -0.25) is 4.90 Å². The predicted octanol–water partition coefficient (Wildman–Crippen LogP) is 5.13. The maximum atomic E-state index is 12.5. The van der Waals surface area contributed by atoms with Crippen LogP contribution in [0.5, 0.6) is 0 Å². The van der Waals surface area contributed by atoms with E-state index in [1.54, 1.807) is 0 Å².